The molecule has 0 spiro atoms. The van der Waals surface area contributed by atoms with E-state index in [-0.39, 0.29) is 0 Å². The predicted molar refractivity (Wildman–Crippen MR) is 111 cm³/mol. The summed E-state index contributed by atoms with van der Waals surface area (Å²) in [6.45, 7) is 9.38. The Hall–Kier alpha value is 1.04. The van der Waals surface area contributed by atoms with Crippen molar-refractivity contribution < 1.29 is 0 Å². The van der Waals surface area contributed by atoms with Crippen molar-refractivity contribution in [2.75, 3.05) is 0 Å². The van der Waals surface area contributed by atoms with Gasteiger partial charge in [-0.25, -0.2) is 0 Å². The molecule has 0 radical (unpaired) electrons. The Balaban J connectivity index is 2.95. The molecule has 0 fully saturated rings. The van der Waals surface area contributed by atoms with Gasteiger partial charge in [0.15, 0.2) is 0 Å². The van der Waals surface area contributed by atoms with Crippen LogP contribution in [0.25, 0.3) is 0 Å². The predicted octanol–water partition coefficient (Wildman–Crippen LogP) is 4.52. The van der Waals surface area contributed by atoms with Gasteiger partial charge in [0.05, 0.1) is 0 Å². The van der Waals surface area contributed by atoms with Crippen molar-refractivity contribution in [3.05, 3.63) is 8.87 Å². The van der Waals surface area contributed by atoms with Gasteiger partial charge in [-0.1, -0.05) is 0 Å². The summed E-state index contributed by atoms with van der Waals surface area (Å²) in [4.78, 5) is 0. The average molecular weight is 513 g/mol. The van der Waals surface area contributed by atoms with Crippen LogP contribution in [-0.4, -0.2) is 44.4 Å². The van der Waals surface area contributed by atoms with Crippen LogP contribution >= 0.6 is 0 Å². The first kappa shape index (κ1) is 22.1. The Morgan fingerprint density at radius 3 is 1.35 bits per heavy atom. The fourth-order valence-corrected chi connectivity index (χ4v) is 13.9. The Bertz CT molecular complexity index is 373. The van der Waals surface area contributed by atoms with E-state index >= 15 is 0 Å². The van der Waals surface area contributed by atoms with Crippen LogP contribution in [-0.2, 0) is 12.8 Å². The molecular formula is C20H36Se3. The van der Waals surface area contributed by atoms with E-state index in [9.17, 15) is 0 Å². The Morgan fingerprint density at radius 1 is 0.609 bits per heavy atom. The first-order valence-corrected chi connectivity index (χ1v) is 15.5. The maximum atomic E-state index is 2.35. The van der Waals surface area contributed by atoms with E-state index in [0.29, 0.717) is 0 Å². The quantitative estimate of drug-likeness (QED) is 0.254. The van der Waals surface area contributed by atoms with Gasteiger partial charge in [0.2, 0.25) is 0 Å². The van der Waals surface area contributed by atoms with Crippen LogP contribution in [0.15, 0.2) is 0 Å². The first-order valence-electron chi connectivity index (χ1n) is 9.68. The van der Waals surface area contributed by atoms with Crippen LogP contribution in [0.3, 0.4) is 0 Å². The van der Waals surface area contributed by atoms with Gasteiger partial charge in [-0.05, 0) is 0 Å². The number of hydrogen-bond donors (Lipinski definition) is 0. The summed E-state index contributed by atoms with van der Waals surface area (Å²) in [7, 11) is 0. The molecule has 0 unspecified atom stereocenters. The van der Waals surface area contributed by atoms with Gasteiger partial charge < -0.3 is 0 Å². The maximum absolute atomic E-state index is 2.35. The molecule has 0 N–H and O–H groups in total. The second-order valence-corrected chi connectivity index (χ2v) is 13.4. The van der Waals surface area contributed by atoms with Gasteiger partial charge in [0.25, 0.3) is 0 Å². The van der Waals surface area contributed by atoms with Crippen molar-refractivity contribution in [1.29, 1.82) is 0 Å². The van der Waals surface area contributed by atoms with E-state index < -0.39 is 0 Å². The van der Waals surface area contributed by atoms with Crippen LogP contribution < -0.4 is 8.92 Å². The molecule has 0 atom stereocenters. The molecule has 0 bridgehead atoms. The van der Waals surface area contributed by atoms with Crippen molar-refractivity contribution in [2.45, 2.75) is 103 Å². The fourth-order valence-electron chi connectivity index (χ4n) is 2.43. The Kier molecular flexibility index (Phi) is 13.7. The van der Waals surface area contributed by atoms with Gasteiger partial charge in [-0.15, -0.1) is 0 Å². The van der Waals surface area contributed by atoms with Crippen LogP contribution in [0, 0.1) is 0 Å². The zero-order chi connectivity index (χ0) is 16.9. The van der Waals surface area contributed by atoms with Gasteiger partial charge >= 0.3 is 165 Å². The van der Waals surface area contributed by atoms with Gasteiger partial charge in [0.1, 0.15) is 0 Å². The number of rotatable bonds is 14. The summed E-state index contributed by atoms with van der Waals surface area (Å²) in [6.07, 6.45) is 14.0. The molecule has 134 valence electrons. The molecule has 0 aliphatic heterocycles. The van der Waals surface area contributed by atoms with Crippen molar-refractivity contribution in [3.63, 3.8) is 0 Å². The van der Waals surface area contributed by atoms with Crippen molar-refractivity contribution in [3.8, 4) is 0 Å². The summed E-state index contributed by atoms with van der Waals surface area (Å²) in [5.41, 5.74) is 0. The SMILES string of the molecule is CCCC[Se]c1c(CCCC)[se]c(CCCC)c1[Se]CCCC. The van der Waals surface area contributed by atoms with Crippen LogP contribution in [0.2, 0.25) is 10.6 Å². The molecule has 0 saturated heterocycles. The molecule has 1 aromatic heterocycles. The average Bonchev–Trinajstić information content (AvgIpc) is 2.88. The molecule has 0 amide bonds. The second kappa shape index (κ2) is 14.2. The Labute approximate surface area is 164 Å². The van der Waals surface area contributed by atoms with E-state index in [4.69, 9.17) is 0 Å². The zero-order valence-electron chi connectivity index (χ0n) is 15.7. The standard InChI is InChI=1S/C20H36Se3/c1-5-9-13-17-19(21-15-11-7-3)20(22-16-12-8-4)18(23-17)14-10-6-2/h5-16H2,1-4H3. The fraction of sp³-hybridized carbons (Fsp3) is 0.800. The molecule has 0 saturated carbocycles. The molecular weight excluding hydrogens is 477 g/mol. The third-order valence-corrected chi connectivity index (χ3v) is 13.8. The summed E-state index contributed by atoms with van der Waals surface area (Å²) in [5, 5.41) is 2.97. The third-order valence-electron chi connectivity index (χ3n) is 3.96. The monoisotopic (exact) mass is 516 g/mol. The minimum absolute atomic E-state index is 0.733. The summed E-state index contributed by atoms with van der Waals surface area (Å²) in [5.74, 6) is 0. The second-order valence-electron chi connectivity index (χ2n) is 6.22. The molecule has 1 aromatic rings. The van der Waals surface area contributed by atoms with E-state index in [1.54, 1.807) is 0 Å². The van der Waals surface area contributed by atoms with Crippen LogP contribution in [0.5, 0.6) is 0 Å². The summed E-state index contributed by atoms with van der Waals surface area (Å²) in [6, 6.07) is 0. The Morgan fingerprint density at radius 2 is 1.00 bits per heavy atom. The normalized spacial score (nSPS) is 11.3. The van der Waals surface area contributed by atoms with Crippen molar-refractivity contribution in [1.82, 2.24) is 0 Å². The summed E-state index contributed by atoms with van der Waals surface area (Å²) < 4.78 is 7.77. The van der Waals surface area contributed by atoms with Gasteiger partial charge in [0, 0.05) is 0 Å². The summed E-state index contributed by atoms with van der Waals surface area (Å²) >= 11 is 2.28. The molecule has 0 aliphatic carbocycles. The molecule has 0 aliphatic rings. The zero-order valence-corrected chi connectivity index (χ0v) is 20.8. The van der Waals surface area contributed by atoms with Crippen LogP contribution in [0.4, 0.5) is 0 Å². The molecule has 1 heterocycles. The molecule has 23 heavy (non-hydrogen) atoms. The van der Waals surface area contributed by atoms with Gasteiger partial charge in [-0.2, -0.15) is 0 Å². The van der Waals surface area contributed by atoms with Crippen LogP contribution in [0.1, 0.15) is 87.9 Å². The number of hydrogen-bond acceptors (Lipinski definition) is 0. The number of unbranched alkanes of at least 4 members (excludes halogenated alkanes) is 4. The third kappa shape index (κ3) is 8.31. The number of aryl methyl sites for hydroxylation is 2. The van der Waals surface area contributed by atoms with E-state index in [1.165, 1.54) is 74.8 Å². The van der Waals surface area contributed by atoms with Gasteiger partial charge in [-0.3, -0.25) is 0 Å². The van der Waals surface area contributed by atoms with Crippen molar-refractivity contribution in [2.24, 2.45) is 0 Å². The molecule has 3 heteroatoms. The van der Waals surface area contributed by atoms with E-state index in [0.717, 1.165) is 44.4 Å². The topological polar surface area (TPSA) is 0 Å². The first-order chi connectivity index (χ1) is 11.3. The van der Waals surface area contributed by atoms with E-state index in [1.807, 2.05) is 17.8 Å². The molecule has 0 aromatic carbocycles. The minimum atomic E-state index is 0.733. The molecule has 0 nitrogen and oxygen atoms in total. The van der Waals surface area contributed by atoms with Crippen molar-refractivity contribution >= 4 is 53.3 Å². The molecule has 1 rings (SSSR count). The van der Waals surface area contributed by atoms with E-state index in [2.05, 4.69) is 27.7 Å².